The Kier molecular flexibility index (Phi) is 6.80. The summed E-state index contributed by atoms with van der Waals surface area (Å²) in [7, 11) is 0. The molecule has 150 valence electrons. The highest BCUT2D eigenvalue weighted by atomic mass is 16.5. The van der Waals surface area contributed by atoms with E-state index in [-0.39, 0.29) is 6.03 Å². The van der Waals surface area contributed by atoms with Crippen LogP contribution in [0.2, 0.25) is 0 Å². The first-order chi connectivity index (χ1) is 13.5. The molecule has 0 spiro atoms. The van der Waals surface area contributed by atoms with Crippen molar-refractivity contribution in [3.05, 3.63) is 53.6 Å². The van der Waals surface area contributed by atoms with Gasteiger partial charge < -0.3 is 20.3 Å². The van der Waals surface area contributed by atoms with Crippen molar-refractivity contribution in [2.45, 2.75) is 33.6 Å². The number of rotatable bonds is 6. The molecule has 2 aromatic carbocycles. The number of hydrogen-bond acceptors (Lipinski definition) is 3. The molecule has 1 saturated heterocycles. The Hall–Kier alpha value is -2.69. The minimum Gasteiger partial charge on any atom is -0.491 e. The quantitative estimate of drug-likeness (QED) is 0.711. The molecule has 0 atom stereocenters. The number of ether oxygens (including phenoxy) is 1. The highest BCUT2D eigenvalue weighted by Crippen LogP contribution is 2.24. The van der Waals surface area contributed by atoms with Crippen molar-refractivity contribution in [3.63, 3.8) is 0 Å². The maximum absolute atomic E-state index is 12.1. The Balaban J connectivity index is 1.40. The number of urea groups is 1. The van der Waals surface area contributed by atoms with Gasteiger partial charge >= 0.3 is 6.03 Å². The molecule has 5 nitrogen and oxygen atoms in total. The molecule has 0 aromatic heterocycles. The van der Waals surface area contributed by atoms with Crippen LogP contribution < -0.4 is 20.3 Å². The lowest BCUT2D eigenvalue weighted by molar-refractivity contribution is 0.247. The van der Waals surface area contributed by atoms with Crippen molar-refractivity contribution in [2.24, 2.45) is 5.92 Å². The van der Waals surface area contributed by atoms with Gasteiger partial charge in [-0.2, -0.15) is 0 Å². The molecule has 0 saturated carbocycles. The van der Waals surface area contributed by atoms with E-state index in [0.29, 0.717) is 13.2 Å². The van der Waals surface area contributed by atoms with Crippen LogP contribution in [0.15, 0.2) is 42.5 Å². The van der Waals surface area contributed by atoms with Crippen LogP contribution >= 0.6 is 0 Å². The Morgan fingerprint density at radius 1 is 1.11 bits per heavy atom. The van der Waals surface area contributed by atoms with Gasteiger partial charge in [-0.25, -0.2) is 4.79 Å². The molecule has 3 rings (SSSR count). The molecule has 5 heteroatoms. The first kappa shape index (κ1) is 20.1. The van der Waals surface area contributed by atoms with Crippen molar-refractivity contribution in [3.8, 4) is 5.75 Å². The van der Waals surface area contributed by atoms with Gasteiger partial charge in [0.2, 0.25) is 0 Å². The molecule has 1 heterocycles. The number of piperidine rings is 1. The van der Waals surface area contributed by atoms with Gasteiger partial charge in [0.15, 0.2) is 0 Å². The van der Waals surface area contributed by atoms with Crippen LogP contribution in [0.3, 0.4) is 0 Å². The third-order valence-corrected chi connectivity index (χ3v) is 5.26. The molecule has 2 N–H and O–H groups in total. The normalized spacial score (nSPS) is 14.6. The number of benzene rings is 2. The second-order valence-corrected chi connectivity index (χ2v) is 7.71. The zero-order chi connectivity index (χ0) is 19.9. The lowest BCUT2D eigenvalue weighted by atomic mass is 9.99. The highest BCUT2D eigenvalue weighted by molar-refractivity contribution is 5.89. The standard InChI is InChI=1S/C23H31N3O2/c1-17-10-13-26(14-11-17)21-8-6-20(7-9-21)25-23(27)24-12-15-28-22-16-18(2)4-5-19(22)3/h4-9,16-17H,10-15H2,1-3H3,(H2,24,25,27). The summed E-state index contributed by atoms with van der Waals surface area (Å²) >= 11 is 0. The van der Waals surface area contributed by atoms with Crippen LogP contribution in [0, 0.1) is 19.8 Å². The van der Waals surface area contributed by atoms with Crippen molar-refractivity contribution in [1.82, 2.24) is 5.32 Å². The Morgan fingerprint density at radius 2 is 1.82 bits per heavy atom. The number of nitrogens with one attached hydrogen (secondary N) is 2. The molecule has 2 aromatic rings. The third kappa shape index (κ3) is 5.65. The van der Waals surface area contributed by atoms with Crippen LogP contribution in [-0.4, -0.2) is 32.3 Å². The Bertz CT molecular complexity index is 781. The molecule has 1 aliphatic heterocycles. The van der Waals surface area contributed by atoms with Crippen molar-refractivity contribution < 1.29 is 9.53 Å². The van der Waals surface area contributed by atoms with Gasteiger partial charge in [-0.05, 0) is 74.1 Å². The summed E-state index contributed by atoms with van der Waals surface area (Å²) in [5, 5.41) is 5.71. The van der Waals surface area contributed by atoms with E-state index in [4.69, 9.17) is 4.74 Å². The van der Waals surface area contributed by atoms with Gasteiger partial charge in [-0.15, -0.1) is 0 Å². The zero-order valence-corrected chi connectivity index (χ0v) is 17.1. The second kappa shape index (κ2) is 9.49. The van der Waals surface area contributed by atoms with E-state index in [9.17, 15) is 4.79 Å². The molecule has 1 aliphatic rings. The number of anilines is 2. The first-order valence-electron chi connectivity index (χ1n) is 10.1. The van der Waals surface area contributed by atoms with E-state index >= 15 is 0 Å². The number of hydrogen-bond donors (Lipinski definition) is 2. The lowest BCUT2D eigenvalue weighted by Gasteiger charge is -2.32. The second-order valence-electron chi connectivity index (χ2n) is 7.71. The fourth-order valence-corrected chi connectivity index (χ4v) is 3.39. The summed E-state index contributed by atoms with van der Waals surface area (Å²) < 4.78 is 5.76. The average Bonchev–Trinajstić information content (AvgIpc) is 2.69. The van der Waals surface area contributed by atoms with E-state index < -0.39 is 0 Å². The van der Waals surface area contributed by atoms with Gasteiger partial charge in [0.05, 0.1) is 6.54 Å². The molecular weight excluding hydrogens is 350 g/mol. The monoisotopic (exact) mass is 381 g/mol. The topological polar surface area (TPSA) is 53.6 Å². The van der Waals surface area contributed by atoms with E-state index in [1.54, 1.807) is 0 Å². The van der Waals surface area contributed by atoms with Crippen LogP contribution in [0.25, 0.3) is 0 Å². The molecule has 0 radical (unpaired) electrons. The molecule has 1 fully saturated rings. The van der Waals surface area contributed by atoms with Crippen LogP contribution in [0.1, 0.15) is 30.9 Å². The Morgan fingerprint density at radius 3 is 2.54 bits per heavy atom. The highest BCUT2D eigenvalue weighted by Gasteiger charge is 2.15. The molecule has 0 unspecified atom stereocenters. The average molecular weight is 382 g/mol. The molecule has 2 amide bonds. The van der Waals surface area contributed by atoms with Crippen molar-refractivity contribution in [2.75, 3.05) is 36.5 Å². The number of nitrogens with zero attached hydrogens (tertiary/aromatic N) is 1. The predicted octanol–water partition coefficient (Wildman–Crippen LogP) is 4.74. The van der Waals surface area contributed by atoms with Gasteiger partial charge in [0, 0.05) is 24.5 Å². The summed E-state index contributed by atoms with van der Waals surface area (Å²) in [6, 6.07) is 14.0. The maximum Gasteiger partial charge on any atom is 0.319 e. The van der Waals surface area contributed by atoms with E-state index in [1.165, 1.54) is 18.5 Å². The summed E-state index contributed by atoms with van der Waals surface area (Å²) in [5.41, 5.74) is 4.27. The number of aryl methyl sites for hydroxylation is 2. The van der Waals surface area contributed by atoms with Crippen LogP contribution in [-0.2, 0) is 0 Å². The summed E-state index contributed by atoms with van der Waals surface area (Å²) in [6.07, 6.45) is 2.49. The van der Waals surface area contributed by atoms with E-state index in [0.717, 1.165) is 41.6 Å². The van der Waals surface area contributed by atoms with Gasteiger partial charge in [0.25, 0.3) is 0 Å². The van der Waals surface area contributed by atoms with Crippen molar-refractivity contribution >= 4 is 17.4 Å². The number of carbonyl (C=O) groups is 1. The SMILES string of the molecule is Cc1ccc(C)c(OCCNC(=O)Nc2ccc(N3CCC(C)CC3)cc2)c1. The van der Waals surface area contributed by atoms with Crippen LogP contribution in [0.5, 0.6) is 5.75 Å². The minimum atomic E-state index is -0.218. The molecule has 28 heavy (non-hydrogen) atoms. The number of amides is 2. The number of carbonyl (C=O) groups excluding carboxylic acids is 1. The third-order valence-electron chi connectivity index (χ3n) is 5.26. The molecule has 0 aliphatic carbocycles. The summed E-state index contributed by atoms with van der Waals surface area (Å²) in [5.74, 6) is 1.68. The molecule has 0 bridgehead atoms. The zero-order valence-electron chi connectivity index (χ0n) is 17.1. The van der Waals surface area contributed by atoms with E-state index in [1.807, 2.05) is 38.1 Å². The maximum atomic E-state index is 12.1. The summed E-state index contributed by atoms with van der Waals surface area (Å²) in [6.45, 7) is 9.46. The van der Waals surface area contributed by atoms with Gasteiger partial charge in [-0.1, -0.05) is 19.1 Å². The van der Waals surface area contributed by atoms with E-state index in [2.05, 4.69) is 40.7 Å². The van der Waals surface area contributed by atoms with Gasteiger partial charge in [0.1, 0.15) is 12.4 Å². The Labute approximate surface area is 168 Å². The molecular formula is C23H31N3O2. The van der Waals surface area contributed by atoms with Crippen molar-refractivity contribution in [1.29, 1.82) is 0 Å². The van der Waals surface area contributed by atoms with Gasteiger partial charge in [-0.3, -0.25) is 0 Å². The fourth-order valence-electron chi connectivity index (χ4n) is 3.39. The summed E-state index contributed by atoms with van der Waals surface area (Å²) in [4.78, 5) is 14.5. The smallest absolute Gasteiger partial charge is 0.319 e. The first-order valence-corrected chi connectivity index (χ1v) is 10.1. The fraction of sp³-hybridized carbons (Fsp3) is 0.435. The largest absolute Gasteiger partial charge is 0.491 e. The predicted molar refractivity (Wildman–Crippen MR) is 115 cm³/mol. The lowest BCUT2D eigenvalue weighted by Crippen LogP contribution is -2.33. The minimum absolute atomic E-state index is 0.218. The van der Waals surface area contributed by atoms with Crippen LogP contribution in [0.4, 0.5) is 16.2 Å².